The highest BCUT2D eigenvalue weighted by Crippen LogP contribution is 2.58. The first-order chi connectivity index (χ1) is 10.4. The van der Waals surface area contributed by atoms with Crippen LogP contribution in [-0.2, 0) is 19.6 Å². The molecule has 2 atom stereocenters. The fraction of sp³-hybridized carbons (Fsp3) is 0.429. The largest absolute Gasteiger partial charge is 0.481 e. The van der Waals surface area contributed by atoms with Crippen LogP contribution in [-0.4, -0.2) is 31.7 Å². The maximum absolute atomic E-state index is 13.8. The highest BCUT2D eigenvalue weighted by Gasteiger charge is 2.65. The second-order valence-electron chi connectivity index (χ2n) is 6.17. The average Bonchev–Trinajstić information content (AvgIpc) is 2.95. The van der Waals surface area contributed by atoms with E-state index in [1.807, 2.05) is 4.72 Å². The van der Waals surface area contributed by atoms with Crippen LogP contribution in [0.4, 0.5) is 15.8 Å². The fourth-order valence-corrected chi connectivity index (χ4v) is 3.25. The molecule has 0 unspecified atom stereocenters. The molecule has 126 valence electrons. The summed E-state index contributed by atoms with van der Waals surface area (Å²) in [7, 11) is -3.61. The van der Waals surface area contributed by atoms with Gasteiger partial charge >= 0.3 is 5.97 Å². The first kappa shape index (κ1) is 17.2. The van der Waals surface area contributed by atoms with Gasteiger partial charge in [-0.3, -0.25) is 14.3 Å². The van der Waals surface area contributed by atoms with E-state index in [0.717, 1.165) is 12.3 Å². The Bertz CT molecular complexity index is 775. The minimum atomic E-state index is -3.61. The molecule has 1 aliphatic rings. The monoisotopic (exact) mass is 344 g/mol. The van der Waals surface area contributed by atoms with Crippen molar-refractivity contribution in [3.8, 4) is 0 Å². The van der Waals surface area contributed by atoms with E-state index in [1.165, 1.54) is 12.1 Å². The summed E-state index contributed by atoms with van der Waals surface area (Å²) in [5, 5.41) is 11.5. The molecular weight excluding hydrogens is 327 g/mol. The second kappa shape index (κ2) is 5.48. The van der Waals surface area contributed by atoms with Crippen LogP contribution >= 0.6 is 0 Å². The van der Waals surface area contributed by atoms with Crippen LogP contribution in [0.5, 0.6) is 0 Å². The zero-order chi connectivity index (χ0) is 17.6. The zero-order valence-corrected chi connectivity index (χ0v) is 13.6. The molecule has 1 amide bonds. The van der Waals surface area contributed by atoms with Crippen molar-refractivity contribution in [2.24, 2.45) is 17.3 Å². The summed E-state index contributed by atoms with van der Waals surface area (Å²) in [4.78, 5) is 23.2. The van der Waals surface area contributed by atoms with Gasteiger partial charge in [-0.2, -0.15) is 0 Å². The van der Waals surface area contributed by atoms with Gasteiger partial charge in [-0.15, -0.1) is 0 Å². The zero-order valence-electron chi connectivity index (χ0n) is 12.8. The van der Waals surface area contributed by atoms with Gasteiger partial charge in [-0.25, -0.2) is 12.8 Å². The Hall–Kier alpha value is -2.16. The summed E-state index contributed by atoms with van der Waals surface area (Å²) in [5.74, 6) is -3.88. The van der Waals surface area contributed by atoms with Gasteiger partial charge in [0.2, 0.25) is 15.9 Å². The van der Waals surface area contributed by atoms with Gasteiger partial charge in [0.1, 0.15) is 5.82 Å². The van der Waals surface area contributed by atoms with E-state index in [1.54, 1.807) is 13.8 Å². The van der Waals surface area contributed by atoms with Gasteiger partial charge in [0.15, 0.2) is 0 Å². The van der Waals surface area contributed by atoms with E-state index in [2.05, 4.69) is 5.32 Å². The predicted octanol–water partition coefficient (Wildman–Crippen LogP) is 1.49. The van der Waals surface area contributed by atoms with Crippen molar-refractivity contribution in [2.45, 2.75) is 13.8 Å². The van der Waals surface area contributed by atoms with Gasteiger partial charge in [0.25, 0.3) is 0 Å². The summed E-state index contributed by atoms with van der Waals surface area (Å²) in [6.07, 6.45) is 0.892. The third-order valence-corrected chi connectivity index (χ3v) is 4.50. The molecule has 0 bridgehead atoms. The van der Waals surface area contributed by atoms with Crippen LogP contribution in [0.2, 0.25) is 0 Å². The van der Waals surface area contributed by atoms with Gasteiger partial charge in [-0.05, 0) is 23.6 Å². The highest BCUT2D eigenvalue weighted by atomic mass is 32.2. The summed E-state index contributed by atoms with van der Waals surface area (Å²) in [5.41, 5.74) is -0.772. The van der Waals surface area contributed by atoms with Gasteiger partial charge in [-0.1, -0.05) is 13.8 Å². The van der Waals surface area contributed by atoms with Crippen molar-refractivity contribution in [1.82, 2.24) is 0 Å². The summed E-state index contributed by atoms with van der Waals surface area (Å²) >= 11 is 0. The molecule has 1 aromatic carbocycles. The minimum absolute atomic E-state index is 0.124. The number of carboxylic acids is 1. The predicted molar refractivity (Wildman–Crippen MR) is 81.9 cm³/mol. The van der Waals surface area contributed by atoms with Crippen LogP contribution in [0.1, 0.15) is 13.8 Å². The number of anilines is 2. The molecule has 0 aromatic heterocycles. The van der Waals surface area contributed by atoms with Crippen LogP contribution in [0.3, 0.4) is 0 Å². The number of carbonyl (C=O) groups excluding carboxylic acids is 1. The third kappa shape index (κ3) is 3.61. The molecule has 7 nitrogen and oxygen atoms in total. The van der Waals surface area contributed by atoms with E-state index < -0.39 is 45.0 Å². The van der Waals surface area contributed by atoms with Gasteiger partial charge < -0.3 is 10.4 Å². The first-order valence-electron chi connectivity index (χ1n) is 6.74. The lowest BCUT2D eigenvalue weighted by molar-refractivity contribution is -0.140. The lowest BCUT2D eigenvalue weighted by Gasteiger charge is -2.09. The Morgan fingerprint density at radius 2 is 1.87 bits per heavy atom. The molecule has 0 aliphatic heterocycles. The molecule has 23 heavy (non-hydrogen) atoms. The van der Waals surface area contributed by atoms with Crippen molar-refractivity contribution >= 4 is 33.3 Å². The summed E-state index contributed by atoms with van der Waals surface area (Å²) in [6.45, 7) is 3.35. The van der Waals surface area contributed by atoms with E-state index in [9.17, 15) is 22.4 Å². The number of hydrogen-bond acceptors (Lipinski definition) is 4. The molecule has 0 saturated heterocycles. The van der Waals surface area contributed by atoms with Crippen LogP contribution < -0.4 is 10.0 Å². The van der Waals surface area contributed by atoms with Crippen LogP contribution in [0.15, 0.2) is 18.2 Å². The van der Waals surface area contributed by atoms with E-state index >= 15 is 0 Å². The third-order valence-electron chi connectivity index (χ3n) is 3.91. The van der Waals surface area contributed by atoms with E-state index in [0.29, 0.717) is 0 Å². The maximum Gasteiger partial charge on any atom is 0.307 e. The number of benzene rings is 1. The summed E-state index contributed by atoms with van der Waals surface area (Å²) < 4.78 is 38.0. The van der Waals surface area contributed by atoms with Crippen LogP contribution in [0.25, 0.3) is 0 Å². The average molecular weight is 344 g/mol. The number of amides is 1. The molecule has 2 rings (SSSR count). The molecule has 3 N–H and O–H groups in total. The number of nitrogens with one attached hydrogen (secondary N) is 2. The first-order valence-corrected chi connectivity index (χ1v) is 8.63. The number of halogens is 1. The topological polar surface area (TPSA) is 113 Å². The van der Waals surface area contributed by atoms with Crippen molar-refractivity contribution in [2.75, 3.05) is 16.3 Å². The molecule has 0 heterocycles. The van der Waals surface area contributed by atoms with Gasteiger partial charge in [0, 0.05) is 5.69 Å². The molecule has 1 aromatic rings. The van der Waals surface area contributed by atoms with Gasteiger partial charge in [0.05, 0.1) is 23.8 Å². The number of carboxylic acid groups (broad SMARTS) is 1. The van der Waals surface area contributed by atoms with Crippen molar-refractivity contribution in [3.63, 3.8) is 0 Å². The number of hydrogen-bond donors (Lipinski definition) is 3. The molecule has 9 heteroatoms. The fourth-order valence-electron chi connectivity index (χ4n) is 2.68. The Balaban J connectivity index is 2.11. The highest BCUT2D eigenvalue weighted by molar-refractivity contribution is 7.92. The lowest BCUT2D eigenvalue weighted by atomic mass is 10.1. The Morgan fingerprint density at radius 3 is 2.30 bits per heavy atom. The Morgan fingerprint density at radius 1 is 1.26 bits per heavy atom. The van der Waals surface area contributed by atoms with E-state index in [4.69, 9.17) is 5.11 Å². The smallest absolute Gasteiger partial charge is 0.307 e. The Kier molecular flexibility index (Phi) is 4.10. The molecule has 0 radical (unpaired) electrons. The molecule has 0 spiro atoms. The standard InChI is InChI=1S/C14H17FN2O5S/c1-14(2)10(11(14)13(19)20)12(18)16-7-4-5-9(8(15)6-7)17-23(3,21)22/h4-6,10-11,17H,1-3H3,(H,16,18)(H,19,20)/t10-,11+/m0/s1. The van der Waals surface area contributed by atoms with Crippen molar-refractivity contribution in [1.29, 1.82) is 0 Å². The molecule has 1 aliphatic carbocycles. The summed E-state index contributed by atoms with van der Waals surface area (Å²) in [6, 6.07) is 3.48. The Labute approximate surface area is 132 Å². The normalized spacial score (nSPS) is 22.3. The quantitative estimate of drug-likeness (QED) is 0.749. The minimum Gasteiger partial charge on any atom is -0.481 e. The lowest BCUT2D eigenvalue weighted by Crippen LogP contribution is -2.18. The molecular formula is C14H17FN2O5S. The second-order valence-corrected chi connectivity index (χ2v) is 7.92. The van der Waals surface area contributed by atoms with Crippen molar-refractivity contribution in [3.05, 3.63) is 24.0 Å². The maximum atomic E-state index is 13.8. The number of sulfonamides is 1. The number of carbonyl (C=O) groups is 2. The number of aliphatic carboxylic acids is 1. The number of rotatable bonds is 5. The van der Waals surface area contributed by atoms with E-state index in [-0.39, 0.29) is 11.4 Å². The van der Waals surface area contributed by atoms with Crippen LogP contribution in [0, 0.1) is 23.1 Å². The SMILES string of the molecule is CC1(C)[C@H](C(=O)Nc2ccc(NS(C)(=O)=O)c(F)c2)[C@@H]1C(=O)O. The molecule has 1 fully saturated rings. The van der Waals surface area contributed by atoms with Crippen molar-refractivity contribution < 1.29 is 27.5 Å². The molecule has 1 saturated carbocycles.